The van der Waals surface area contributed by atoms with Gasteiger partial charge in [0.15, 0.2) is 0 Å². The van der Waals surface area contributed by atoms with Crippen molar-refractivity contribution in [2.24, 2.45) is 0 Å². The van der Waals surface area contributed by atoms with E-state index >= 15 is 0 Å². The van der Waals surface area contributed by atoms with Crippen LogP contribution in [0.1, 0.15) is 51.0 Å². The summed E-state index contributed by atoms with van der Waals surface area (Å²) in [5, 5.41) is 11.0. The molecule has 2 N–H and O–H groups in total. The molecule has 1 amide bonds. The highest BCUT2D eigenvalue weighted by Crippen LogP contribution is 2.15. The van der Waals surface area contributed by atoms with Gasteiger partial charge in [0.2, 0.25) is 5.91 Å². The van der Waals surface area contributed by atoms with Crippen LogP contribution in [-0.2, 0) is 53.9 Å². The number of unbranched alkanes of at least 4 members (excludes halogenated alkanes) is 5. The zero-order valence-corrected chi connectivity index (χ0v) is 28.4. The number of aryl methyl sites for hydroxylation is 1. The molecule has 0 atom stereocenters. The Bertz CT molecular complexity index is 843. The minimum Gasteiger partial charge on any atom is -0.491 e. The second-order valence-corrected chi connectivity index (χ2v) is 10.5. The number of hydrogen-bond donors (Lipinski definition) is 2. The van der Waals surface area contributed by atoms with Crippen LogP contribution in [0.4, 0.5) is 0 Å². The quantitative estimate of drug-likeness (QED) is 0.101. The number of hydrogen-bond acceptors (Lipinski definition) is 11. The monoisotopic (exact) mass is 673 g/mol. The molecular formula is C34H59NO12. The highest BCUT2D eigenvalue weighted by Gasteiger charge is 2.03. The van der Waals surface area contributed by atoms with Crippen LogP contribution in [0.5, 0.6) is 5.75 Å². The Labute approximate surface area is 280 Å². The van der Waals surface area contributed by atoms with Crippen molar-refractivity contribution in [1.29, 1.82) is 0 Å². The van der Waals surface area contributed by atoms with E-state index in [1.807, 2.05) is 12.1 Å². The molecule has 0 spiro atoms. The maximum atomic E-state index is 11.4. The summed E-state index contributed by atoms with van der Waals surface area (Å²) in [6.45, 7) is 8.73. The third-order valence-corrected chi connectivity index (χ3v) is 6.50. The largest absolute Gasteiger partial charge is 0.491 e. The van der Waals surface area contributed by atoms with Gasteiger partial charge < -0.3 is 53.1 Å². The number of carboxylic acid groups (broad SMARTS) is 1. The third kappa shape index (κ3) is 30.7. The molecule has 272 valence electrons. The molecule has 1 rings (SSSR count). The van der Waals surface area contributed by atoms with Crippen molar-refractivity contribution >= 4 is 11.9 Å². The highest BCUT2D eigenvalue weighted by molar-refractivity contribution is 5.77. The Kier molecular flexibility index (Phi) is 30.4. The number of nitrogens with one attached hydrogen (secondary N) is 1. The van der Waals surface area contributed by atoms with E-state index in [-0.39, 0.29) is 6.61 Å². The molecule has 13 nitrogen and oxygen atoms in total. The van der Waals surface area contributed by atoms with Crippen molar-refractivity contribution in [2.75, 3.05) is 119 Å². The van der Waals surface area contributed by atoms with E-state index in [4.69, 9.17) is 43.0 Å². The van der Waals surface area contributed by atoms with Gasteiger partial charge in [-0.25, -0.2) is 4.79 Å². The summed E-state index contributed by atoms with van der Waals surface area (Å²) in [6.07, 6.45) is 9.04. The van der Waals surface area contributed by atoms with Crippen molar-refractivity contribution in [3.63, 3.8) is 0 Å². The Morgan fingerprint density at radius 2 is 1.00 bits per heavy atom. The van der Waals surface area contributed by atoms with Crippen LogP contribution in [0.2, 0.25) is 0 Å². The predicted octanol–water partition coefficient (Wildman–Crippen LogP) is 3.30. The van der Waals surface area contributed by atoms with E-state index in [2.05, 4.69) is 29.1 Å². The first-order valence-corrected chi connectivity index (χ1v) is 16.9. The van der Waals surface area contributed by atoms with Crippen molar-refractivity contribution < 1.29 is 57.3 Å². The number of amides is 1. The smallest absolute Gasteiger partial charge is 0.329 e. The molecule has 47 heavy (non-hydrogen) atoms. The van der Waals surface area contributed by atoms with Gasteiger partial charge in [0.25, 0.3) is 0 Å². The van der Waals surface area contributed by atoms with Crippen LogP contribution in [0, 0.1) is 0 Å². The fourth-order valence-electron chi connectivity index (χ4n) is 4.05. The van der Waals surface area contributed by atoms with Gasteiger partial charge in [-0.1, -0.05) is 51.2 Å². The van der Waals surface area contributed by atoms with Crippen LogP contribution in [0.25, 0.3) is 0 Å². The number of ether oxygens (including phenoxy) is 9. The minimum atomic E-state index is -1.12. The van der Waals surface area contributed by atoms with E-state index in [1.54, 1.807) is 0 Å². The van der Waals surface area contributed by atoms with Crippen LogP contribution >= 0.6 is 0 Å². The second kappa shape index (κ2) is 33.5. The van der Waals surface area contributed by atoms with Crippen LogP contribution in [0.3, 0.4) is 0 Å². The van der Waals surface area contributed by atoms with Gasteiger partial charge in [-0.3, -0.25) is 4.79 Å². The minimum absolute atomic E-state index is 0.297. The molecule has 1 aromatic rings. The molecule has 0 saturated carbocycles. The maximum Gasteiger partial charge on any atom is 0.329 e. The average Bonchev–Trinajstić information content (AvgIpc) is 3.06. The van der Waals surface area contributed by atoms with Crippen molar-refractivity contribution in [1.82, 2.24) is 5.32 Å². The standard InChI is InChI=1S/C34H59NO12/c1-2-3-4-5-6-7-8-31-9-11-32(12-10-31)47-28-27-45-26-25-44-24-23-43-22-21-42-20-19-41-18-17-40-16-15-39-14-13-35-33(36)29-46-30-34(37)38/h9-12H,2-8,13-30H2,1H3,(H,35,36)(H,37,38). The summed E-state index contributed by atoms with van der Waals surface area (Å²) in [7, 11) is 0. The summed E-state index contributed by atoms with van der Waals surface area (Å²) in [5.74, 6) is -0.639. The van der Waals surface area contributed by atoms with Crippen molar-refractivity contribution in [3.05, 3.63) is 29.8 Å². The lowest BCUT2D eigenvalue weighted by atomic mass is 10.0. The molecule has 0 aliphatic rings. The van der Waals surface area contributed by atoms with E-state index in [0.717, 1.165) is 12.2 Å². The lowest BCUT2D eigenvalue weighted by molar-refractivity contribution is -0.143. The molecule has 0 fully saturated rings. The van der Waals surface area contributed by atoms with Crippen LogP contribution in [0.15, 0.2) is 24.3 Å². The molecule has 0 aromatic heterocycles. The van der Waals surface area contributed by atoms with E-state index in [9.17, 15) is 9.59 Å². The molecule has 1 aromatic carbocycles. The summed E-state index contributed by atoms with van der Waals surface area (Å²) < 4.78 is 48.6. The zero-order valence-electron chi connectivity index (χ0n) is 28.4. The SMILES string of the molecule is CCCCCCCCc1ccc(OCCOCCOCCOCCOCCOCCOCCOCCNC(=O)COCC(=O)O)cc1. The fraction of sp³-hybridized carbons (Fsp3) is 0.765. The molecule has 0 unspecified atom stereocenters. The number of aliphatic carboxylic acids is 1. The average molecular weight is 674 g/mol. The van der Waals surface area contributed by atoms with E-state index in [0.29, 0.717) is 106 Å². The van der Waals surface area contributed by atoms with Crippen molar-refractivity contribution in [2.45, 2.75) is 51.9 Å². The van der Waals surface area contributed by atoms with Gasteiger partial charge in [-0.05, 0) is 30.5 Å². The number of carbonyl (C=O) groups excluding carboxylic acids is 1. The summed E-state index contributed by atoms with van der Waals surface area (Å²) >= 11 is 0. The summed E-state index contributed by atoms with van der Waals surface area (Å²) in [5.41, 5.74) is 1.37. The van der Waals surface area contributed by atoms with Crippen LogP contribution < -0.4 is 10.1 Å². The van der Waals surface area contributed by atoms with Gasteiger partial charge in [-0.2, -0.15) is 0 Å². The topological polar surface area (TPSA) is 149 Å². The Morgan fingerprint density at radius 1 is 0.553 bits per heavy atom. The van der Waals surface area contributed by atoms with Gasteiger partial charge in [-0.15, -0.1) is 0 Å². The Hall–Kier alpha value is -2.36. The Morgan fingerprint density at radius 3 is 1.49 bits per heavy atom. The van der Waals surface area contributed by atoms with E-state index < -0.39 is 18.5 Å². The predicted molar refractivity (Wildman–Crippen MR) is 176 cm³/mol. The summed E-state index contributed by atoms with van der Waals surface area (Å²) in [4.78, 5) is 21.7. The first-order valence-electron chi connectivity index (χ1n) is 16.9. The van der Waals surface area contributed by atoms with Gasteiger partial charge >= 0.3 is 5.97 Å². The molecule has 0 aliphatic heterocycles. The number of carboxylic acids is 1. The highest BCUT2D eigenvalue weighted by atomic mass is 16.6. The van der Waals surface area contributed by atoms with E-state index in [1.165, 1.54) is 44.1 Å². The lowest BCUT2D eigenvalue weighted by Crippen LogP contribution is -2.31. The molecule has 0 saturated heterocycles. The molecular weight excluding hydrogens is 614 g/mol. The summed E-state index contributed by atoms with van der Waals surface area (Å²) in [6, 6.07) is 8.39. The fourth-order valence-corrected chi connectivity index (χ4v) is 4.05. The number of benzene rings is 1. The first kappa shape index (κ1) is 42.7. The van der Waals surface area contributed by atoms with Gasteiger partial charge in [0.05, 0.1) is 92.5 Å². The van der Waals surface area contributed by atoms with Gasteiger partial charge in [0, 0.05) is 6.54 Å². The maximum absolute atomic E-state index is 11.4. The molecule has 0 bridgehead atoms. The second-order valence-electron chi connectivity index (χ2n) is 10.5. The van der Waals surface area contributed by atoms with Gasteiger partial charge in [0.1, 0.15) is 25.6 Å². The number of carbonyl (C=O) groups is 2. The third-order valence-electron chi connectivity index (χ3n) is 6.50. The molecule has 0 heterocycles. The van der Waals surface area contributed by atoms with Crippen molar-refractivity contribution in [3.8, 4) is 5.75 Å². The molecule has 13 heteroatoms. The molecule has 0 aliphatic carbocycles. The normalized spacial score (nSPS) is 11.2. The Balaban J connectivity index is 1.72. The zero-order chi connectivity index (χ0) is 33.9. The number of rotatable bonds is 36. The molecule has 0 radical (unpaired) electrons. The van der Waals surface area contributed by atoms with Crippen LogP contribution in [-0.4, -0.2) is 136 Å². The lowest BCUT2D eigenvalue weighted by Gasteiger charge is -2.09. The first-order chi connectivity index (χ1) is 23.1.